The Kier molecular flexibility index (Phi) is 9.82. The van der Waals surface area contributed by atoms with Crippen molar-refractivity contribution in [2.45, 2.75) is 13.3 Å². The second-order valence-electron chi connectivity index (χ2n) is 6.71. The summed E-state index contributed by atoms with van der Waals surface area (Å²) in [5.41, 5.74) is 0.603. The first-order valence-corrected chi connectivity index (χ1v) is 8.97. The Morgan fingerprint density at radius 3 is 2.74 bits per heavy atom. The highest BCUT2D eigenvalue weighted by Gasteiger charge is 2.36. The van der Waals surface area contributed by atoms with Gasteiger partial charge in [0, 0.05) is 40.3 Å². The van der Waals surface area contributed by atoms with Crippen LogP contribution in [-0.2, 0) is 9.53 Å². The first-order valence-electron chi connectivity index (χ1n) is 8.97. The minimum absolute atomic E-state index is 0. The maximum Gasteiger partial charge on any atom is 0.310 e. The van der Waals surface area contributed by atoms with Crippen LogP contribution in [0.5, 0.6) is 0 Å². The van der Waals surface area contributed by atoms with E-state index in [1.807, 2.05) is 18.0 Å². The second-order valence-corrected chi connectivity index (χ2v) is 6.71. The summed E-state index contributed by atoms with van der Waals surface area (Å²) in [6, 6.07) is 6.77. The van der Waals surface area contributed by atoms with Crippen LogP contribution in [0.4, 0.5) is 10.1 Å². The van der Waals surface area contributed by atoms with E-state index in [0.717, 1.165) is 32.0 Å². The van der Waals surface area contributed by atoms with Crippen LogP contribution in [0, 0.1) is 17.7 Å². The average Bonchev–Trinajstić information content (AvgIpc) is 3.02. The molecule has 0 aliphatic carbocycles. The van der Waals surface area contributed by atoms with Crippen LogP contribution < -0.4 is 10.2 Å². The number of ether oxygens (including phenoxy) is 1. The minimum atomic E-state index is -0.210. The standard InChI is InChI=1S/C19H29FN4O2.HI/c1-14-12-24(13-15(14)18(25)26-4)19(21-2)22-10-7-11-23(3)17-9-6-5-8-16(17)20;/h5-6,8-9,14-15H,7,10-13H2,1-4H3,(H,21,22);1H. The Balaban J connectivity index is 0.00000364. The lowest BCUT2D eigenvalue weighted by Crippen LogP contribution is -2.41. The fourth-order valence-electron chi connectivity index (χ4n) is 3.33. The Hall–Kier alpha value is -1.58. The fraction of sp³-hybridized carbons (Fsp3) is 0.579. The van der Waals surface area contributed by atoms with Crippen LogP contribution in [0.3, 0.4) is 0 Å². The summed E-state index contributed by atoms with van der Waals surface area (Å²) in [6.45, 7) is 4.89. The molecule has 0 saturated carbocycles. The number of anilines is 1. The molecular formula is C19H30FIN4O2. The third-order valence-corrected chi connectivity index (χ3v) is 4.84. The molecule has 1 aliphatic heterocycles. The SMILES string of the molecule is CN=C(NCCCN(C)c1ccccc1F)N1CC(C)C(C(=O)OC)C1.I. The van der Waals surface area contributed by atoms with Gasteiger partial charge in [0.25, 0.3) is 0 Å². The second kappa shape index (κ2) is 11.3. The molecule has 0 bridgehead atoms. The van der Waals surface area contributed by atoms with E-state index in [9.17, 15) is 9.18 Å². The van der Waals surface area contributed by atoms with Crippen molar-refractivity contribution in [1.82, 2.24) is 10.2 Å². The molecule has 2 unspecified atom stereocenters. The van der Waals surface area contributed by atoms with E-state index in [0.29, 0.717) is 12.2 Å². The highest BCUT2D eigenvalue weighted by Crippen LogP contribution is 2.24. The predicted octanol–water partition coefficient (Wildman–Crippen LogP) is 2.59. The third-order valence-electron chi connectivity index (χ3n) is 4.84. The van der Waals surface area contributed by atoms with E-state index in [-0.39, 0.29) is 47.6 Å². The largest absolute Gasteiger partial charge is 0.469 e. The van der Waals surface area contributed by atoms with Crippen LogP contribution in [0.15, 0.2) is 29.3 Å². The van der Waals surface area contributed by atoms with Crippen LogP contribution >= 0.6 is 24.0 Å². The van der Waals surface area contributed by atoms with Crippen molar-refractivity contribution in [3.05, 3.63) is 30.1 Å². The number of rotatable bonds is 6. The number of esters is 1. The van der Waals surface area contributed by atoms with Crippen molar-refractivity contribution in [2.24, 2.45) is 16.8 Å². The van der Waals surface area contributed by atoms with Gasteiger partial charge in [0.2, 0.25) is 0 Å². The zero-order valence-electron chi connectivity index (χ0n) is 16.4. The lowest BCUT2D eigenvalue weighted by Gasteiger charge is -2.23. The Morgan fingerprint density at radius 1 is 1.41 bits per heavy atom. The first kappa shape index (κ1) is 23.5. The molecular weight excluding hydrogens is 462 g/mol. The molecule has 1 aromatic carbocycles. The Labute approximate surface area is 178 Å². The smallest absolute Gasteiger partial charge is 0.310 e. The van der Waals surface area contributed by atoms with Gasteiger partial charge in [-0.05, 0) is 24.5 Å². The number of methoxy groups -OCH3 is 1. The Bertz CT molecular complexity index is 644. The molecule has 1 heterocycles. The number of nitrogens with zero attached hydrogens (tertiary/aromatic N) is 3. The van der Waals surface area contributed by atoms with Crippen LogP contribution in [0.1, 0.15) is 13.3 Å². The molecule has 2 atom stereocenters. The zero-order chi connectivity index (χ0) is 19.1. The molecule has 2 rings (SSSR count). The average molecular weight is 492 g/mol. The summed E-state index contributed by atoms with van der Waals surface area (Å²) < 4.78 is 18.7. The molecule has 152 valence electrons. The van der Waals surface area contributed by atoms with Gasteiger partial charge < -0.3 is 19.9 Å². The molecule has 1 saturated heterocycles. The van der Waals surface area contributed by atoms with Gasteiger partial charge in [-0.15, -0.1) is 24.0 Å². The van der Waals surface area contributed by atoms with Crippen molar-refractivity contribution in [3.63, 3.8) is 0 Å². The van der Waals surface area contributed by atoms with E-state index in [4.69, 9.17) is 4.74 Å². The molecule has 1 N–H and O–H groups in total. The van der Waals surface area contributed by atoms with Gasteiger partial charge in [-0.2, -0.15) is 0 Å². The molecule has 0 radical (unpaired) electrons. The number of aliphatic imine (C=N–C) groups is 1. The lowest BCUT2D eigenvalue weighted by atomic mass is 9.99. The summed E-state index contributed by atoms with van der Waals surface area (Å²) >= 11 is 0. The topological polar surface area (TPSA) is 57.2 Å². The number of benzene rings is 1. The van der Waals surface area contributed by atoms with Crippen LogP contribution in [0.2, 0.25) is 0 Å². The summed E-state index contributed by atoms with van der Waals surface area (Å²) in [7, 11) is 5.05. The van der Waals surface area contributed by atoms with E-state index in [2.05, 4.69) is 22.1 Å². The van der Waals surface area contributed by atoms with E-state index < -0.39 is 0 Å². The molecule has 8 heteroatoms. The number of nitrogens with one attached hydrogen (secondary N) is 1. The first-order chi connectivity index (χ1) is 12.5. The number of guanidine groups is 1. The number of hydrogen-bond donors (Lipinski definition) is 1. The third kappa shape index (κ3) is 6.22. The van der Waals surface area contributed by atoms with Gasteiger partial charge in [0.05, 0.1) is 18.7 Å². The van der Waals surface area contributed by atoms with Gasteiger partial charge in [-0.1, -0.05) is 19.1 Å². The summed E-state index contributed by atoms with van der Waals surface area (Å²) in [5.74, 6) is 0.524. The molecule has 0 amide bonds. The molecule has 27 heavy (non-hydrogen) atoms. The highest BCUT2D eigenvalue weighted by atomic mass is 127. The molecule has 1 aliphatic rings. The van der Waals surface area contributed by atoms with Crippen molar-refractivity contribution >= 4 is 41.6 Å². The molecule has 6 nitrogen and oxygen atoms in total. The minimum Gasteiger partial charge on any atom is -0.469 e. The van der Waals surface area contributed by atoms with Crippen molar-refractivity contribution in [2.75, 3.05) is 52.3 Å². The Morgan fingerprint density at radius 2 is 2.11 bits per heavy atom. The molecule has 0 aromatic heterocycles. The van der Waals surface area contributed by atoms with Gasteiger partial charge in [0.1, 0.15) is 5.82 Å². The maximum atomic E-state index is 13.8. The van der Waals surface area contributed by atoms with E-state index in [1.54, 1.807) is 19.2 Å². The van der Waals surface area contributed by atoms with E-state index >= 15 is 0 Å². The van der Waals surface area contributed by atoms with Gasteiger partial charge in [-0.25, -0.2) is 4.39 Å². The predicted molar refractivity (Wildman–Crippen MR) is 117 cm³/mol. The van der Waals surface area contributed by atoms with Gasteiger partial charge in [0.15, 0.2) is 5.96 Å². The van der Waals surface area contributed by atoms with Gasteiger partial charge >= 0.3 is 5.97 Å². The highest BCUT2D eigenvalue weighted by molar-refractivity contribution is 14.0. The molecule has 1 fully saturated rings. The quantitative estimate of drug-likeness (QED) is 0.218. The number of hydrogen-bond acceptors (Lipinski definition) is 4. The monoisotopic (exact) mass is 492 g/mol. The van der Waals surface area contributed by atoms with Gasteiger partial charge in [-0.3, -0.25) is 9.79 Å². The number of halogens is 2. The number of likely N-dealkylation sites (tertiary alicyclic amines) is 1. The summed E-state index contributed by atoms with van der Waals surface area (Å²) in [6.07, 6.45) is 0.841. The molecule has 0 spiro atoms. The summed E-state index contributed by atoms with van der Waals surface area (Å²) in [5, 5.41) is 3.33. The van der Waals surface area contributed by atoms with E-state index in [1.165, 1.54) is 13.2 Å². The number of carbonyl (C=O) groups is 1. The van der Waals surface area contributed by atoms with Crippen LogP contribution in [0.25, 0.3) is 0 Å². The maximum absolute atomic E-state index is 13.8. The van der Waals surface area contributed by atoms with Crippen molar-refractivity contribution in [3.8, 4) is 0 Å². The fourth-order valence-corrected chi connectivity index (χ4v) is 3.33. The normalized spacial score (nSPS) is 19.4. The molecule has 1 aromatic rings. The lowest BCUT2D eigenvalue weighted by molar-refractivity contribution is -0.145. The zero-order valence-corrected chi connectivity index (χ0v) is 18.8. The van der Waals surface area contributed by atoms with Crippen molar-refractivity contribution < 1.29 is 13.9 Å². The number of para-hydroxylation sites is 1. The number of carbonyl (C=O) groups excluding carboxylic acids is 1. The van der Waals surface area contributed by atoms with Crippen molar-refractivity contribution in [1.29, 1.82) is 0 Å². The van der Waals surface area contributed by atoms with Crippen LogP contribution in [-0.4, -0.2) is 64.2 Å². The summed E-state index contributed by atoms with van der Waals surface area (Å²) in [4.78, 5) is 20.1.